The number of rotatable bonds is 3. The monoisotopic (exact) mass is 250 g/mol. The Morgan fingerprint density at radius 3 is 3.00 bits per heavy atom. The van der Waals surface area contributed by atoms with Gasteiger partial charge >= 0.3 is 6.03 Å². The molecular weight excluding hydrogens is 240 g/mol. The van der Waals surface area contributed by atoms with E-state index in [4.69, 9.17) is 5.73 Å². The number of fused-ring (bicyclic) bond motifs is 1. The number of nitrogens with two attached hydrogens (primary N) is 1. The van der Waals surface area contributed by atoms with E-state index in [0.717, 1.165) is 15.9 Å². The second-order valence-electron chi connectivity index (χ2n) is 3.30. The Bertz CT molecular complexity index is 566. The molecule has 0 bridgehead atoms. The fourth-order valence-corrected chi connectivity index (χ4v) is 2.05. The lowest BCUT2D eigenvalue weighted by Crippen LogP contribution is -2.38. The van der Waals surface area contributed by atoms with Crippen molar-refractivity contribution in [2.45, 2.75) is 0 Å². The molecule has 2 aromatic rings. The van der Waals surface area contributed by atoms with Gasteiger partial charge in [0, 0.05) is 5.69 Å². The molecule has 4 N–H and O–H groups in total. The predicted molar refractivity (Wildman–Crippen MR) is 65.8 cm³/mol. The number of carbonyl (C=O) groups is 2. The molecule has 0 fully saturated rings. The maximum atomic E-state index is 11.2. The van der Waals surface area contributed by atoms with E-state index in [1.165, 1.54) is 11.3 Å². The van der Waals surface area contributed by atoms with E-state index in [1.54, 1.807) is 5.51 Å². The smallest absolute Gasteiger partial charge is 0.318 e. The van der Waals surface area contributed by atoms with Crippen molar-refractivity contribution in [1.29, 1.82) is 0 Å². The molecule has 3 amide bonds. The summed E-state index contributed by atoms with van der Waals surface area (Å²) in [6.07, 6.45) is 0. The second-order valence-corrected chi connectivity index (χ2v) is 4.19. The fraction of sp³-hybridized carbons (Fsp3) is 0.100. The number of hydrogen-bond donors (Lipinski definition) is 3. The first-order valence-corrected chi connectivity index (χ1v) is 5.69. The van der Waals surface area contributed by atoms with Gasteiger partial charge in [-0.3, -0.25) is 10.1 Å². The molecule has 88 valence electrons. The zero-order valence-corrected chi connectivity index (χ0v) is 9.58. The predicted octanol–water partition coefficient (Wildman–Crippen LogP) is 0.903. The Morgan fingerprint density at radius 1 is 1.41 bits per heavy atom. The highest BCUT2D eigenvalue weighted by Gasteiger charge is 2.04. The molecule has 0 spiro atoms. The van der Waals surface area contributed by atoms with E-state index in [1.807, 2.05) is 23.5 Å². The standard InChI is InChI=1S/C10H10N4O2S/c11-10(16)14-9(15)4-12-6-1-2-7-8(3-6)17-5-13-7/h1-3,5,12H,4H2,(H3,11,14,15,16). The van der Waals surface area contributed by atoms with Crippen LogP contribution in [0.2, 0.25) is 0 Å². The first kappa shape index (κ1) is 11.3. The minimum Gasteiger partial charge on any atom is -0.376 e. The average Bonchev–Trinajstić information content (AvgIpc) is 2.72. The third-order valence-corrected chi connectivity index (χ3v) is 2.84. The Kier molecular flexibility index (Phi) is 3.20. The molecule has 0 saturated heterocycles. The highest BCUT2D eigenvalue weighted by molar-refractivity contribution is 7.16. The third-order valence-electron chi connectivity index (χ3n) is 2.05. The van der Waals surface area contributed by atoms with Crippen LogP contribution in [0.25, 0.3) is 10.2 Å². The number of anilines is 1. The minimum atomic E-state index is -0.852. The largest absolute Gasteiger partial charge is 0.376 e. The summed E-state index contributed by atoms with van der Waals surface area (Å²) in [6.45, 7) is -0.00670. The zero-order chi connectivity index (χ0) is 12.3. The van der Waals surface area contributed by atoms with Gasteiger partial charge in [0.25, 0.3) is 0 Å². The molecule has 7 heteroatoms. The quantitative estimate of drug-likeness (QED) is 0.754. The number of imide groups is 1. The first-order chi connectivity index (χ1) is 8.15. The zero-order valence-electron chi connectivity index (χ0n) is 8.77. The Labute approximate surface area is 101 Å². The fourth-order valence-electron chi connectivity index (χ4n) is 1.33. The van der Waals surface area contributed by atoms with Crippen LogP contribution < -0.4 is 16.4 Å². The summed E-state index contributed by atoms with van der Waals surface area (Å²) >= 11 is 1.52. The maximum Gasteiger partial charge on any atom is 0.318 e. The van der Waals surface area contributed by atoms with E-state index >= 15 is 0 Å². The lowest BCUT2D eigenvalue weighted by molar-refractivity contribution is -0.118. The van der Waals surface area contributed by atoms with Crippen LogP contribution in [0.5, 0.6) is 0 Å². The SMILES string of the molecule is NC(=O)NC(=O)CNc1ccc2ncsc2c1. The van der Waals surface area contributed by atoms with Crippen molar-refractivity contribution in [3.05, 3.63) is 23.7 Å². The number of carbonyl (C=O) groups excluding carboxylic acids is 2. The summed E-state index contributed by atoms with van der Waals surface area (Å²) < 4.78 is 1.03. The molecule has 6 nitrogen and oxygen atoms in total. The van der Waals surface area contributed by atoms with Gasteiger partial charge < -0.3 is 11.1 Å². The number of hydrogen-bond acceptors (Lipinski definition) is 5. The molecule has 17 heavy (non-hydrogen) atoms. The molecule has 1 aromatic carbocycles. The summed E-state index contributed by atoms with van der Waals surface area (Å²) in [6, 6.07) is 4.72. The van der Waals surface area contributed by atoms with Gasteiger partial charge in [-0.2, -0.15) is 0 Å². The molecular formula is C10H10N4O2S. The molecule has 2 rings (SSSR count). The lowest BCUT2D eigenvalue weighted by Gasteiger charge is -2.05. The van der Waals surface area contributed by atoms with Gasteiger partial charge in [0.15, 0.2) is 0 Å². The van der Waals surface area contributed by atoms with Crippen molar-refractivity contribution >= 4 is 39.2 Å². The third kappa shape index (κ3) is 2.91. The average molecular weight is 250 g/mol. The number of benzene rings is 1. The molecule has 0 unspecified atom stereocenters. The van der Waals surface area contributed by atoms with E-state index in [-0.39, 0.29) is 6.54 Å². The normalized spacial score (nSPS) is 10.1. The summed E-state index contributed by atoms with van der Waals surface area (Å²) in [5.41, 5.74) is 8.29. The van der Waals surface area contributed by atoms with E-state index < -0.39 is 11.9 Å². The van der Waals surface area contributed by atoms with Crippen LogP contribution >= 0.6 is 11.3 Å². The van der Waals surface area contributed by atoms with Crippen molar-refractivity contribution in [3.63, 3.8) is 0 Å². The van der Waals surface area contributed by atoms with Crippen LogP contribution in [0.4, 0.5) is 10.5 Å². The van der Waals surface area contributed by atoms with Gasteiger partial charge in [-0.15, -0.1) is 11.3 Å². The number of thiazole rings is 1. The van der Waals surface area contributed by atoms with Crippen LogP contribution in [-0.4, -0.2) is 23.5 Å². The van der Waals surface area contributed by atoms with Crippen LogP contribution in [0.3, 0.4) is 0 Å². The van der Waals surface area contributed by atoms with E-state index in [2.05, 4.69) is 10.3 Å². The van der Waals surface area contributed by atoms with E-state index in [0.29, 0.717) is 0 Å². The van der Waals surface area contributed by atoms with Gasteiger partial charge in [-0.25, -0.2) is 9.78 Å². The van der Waals surface area contributed by atoms with Crippen LogP contribution in [-0.2, 0) is 4.79 Å². The number of nitrogens with one attached hydrogen (secondary N) is 2. The van der Waals surface area contributed by atoms with Crippen LogP contribution in [0.15, 0.2) is 23.7 Å². The van der Waals surface area contributed by atoms with Crippen molar-refractivity contribution in [3.8, 4) is 0 Å². The van der Waals surface area contributed by atoms with Crippen molar-refractivity contribution < 1.29 is 9.59 Å². The highest BCUT2D eigenvalue weighted by atomic mass is 32.1. The van der Waals surface area contributed by atoms with Crippen molar-refractivity contribution in [2.75, 3.05) is 11.9 Å². The Hall–Kier alpha value is -2.15. The summed E-state index contributed by atoms with van der Waals surface area (Å²) in [7, 11) is 0. The van der Waals surface area contributed by atoms with Crippen LogP contribution in [0, 0.1) is 0 Å². The van der Waals surface area contributed by atoms with E-state index in [9.17, 15) is 9.59 Å². The molecule has 0 atom stereocenters. The number of amides is 3. The molecule has 0 aliphatic rings. The maximum absolute atomic E-state index is 11.2. The Morgan fingerprint density at radius 2 is 2.24 bits per heavy atom. The highest BCUT2D eigenvalue weighted by Crippen LogP contribution is 2.21. The van der Waals surface area contributed by atoms with Crippen molar-refractivity contribution in [2.24, 2.45) is 5.73 Å². The molecule has 0 saturated carbocycles. The number of urea groups is 1. The molecule has 0 radical (unpaired) electrons. The van der Waals surface area contributed by atoms with Gasteiger partial charge in [0.1, 0.15) is 0 Å². The minimum absolute atomic E-state index is 0.00670. The second kappa shape index (κ2) is 4.79. The number of nitrogens with zero attached hydrogens (tertiary/aromatic N) is 1. The van der Waals surface area contributed by atoms with Crippen LogP contribution in [0.1, 0.15) is 0 Å². The van der Waals surface area contributed by atoms with Crippen molar-refractivity contribution in [1.82, 2.24) is 10.3 Å². The molecule has 0 aliphatic heterocycles. The van der Waals surface area contributed by atoms with Gasteiger partial charge in [-0.1, -0.05) is 0 Å². The molecule has 1 aromatic heterocycles. The summed E-state index contributed by atoms with van der Waals surface area (Å²) in [5.74, 6) is -0.470. The Balaban J connectivity index is 1.98. The first-order valence-electron chi connectivity index (χ1n) is 4.81. The molecule has 1 heterocycles. The summed E-state index contributed by atoms with van der Waals surface area (Å²) in [4.78, 5) is 25.7. The summed E-state index contributed by atoms with van der Waals surface area (Å²) in [5, 5.41) is 4.86. The number of primary amides is 1. The topological polar surface area (TPSA) is 97.1 Å². The van der Waals surface area contributed by atoms with Gasteiger partial charge in [0.2, 0.25) is 5.91 Å². The van der Waals surface area contributed by atoms with Gasteiger partial charge in [-0.05, 0) is 18.2 Å². The van der Waals surface area contributed by atoms with Gasteiger partial charge in [0.05, 0.1) is 22.3 Å². The molecule has 0 aliphatic carbocycles. The number of aromatic nitrogens is 1. The lowest BCUT2D eigenvalue weighted by atomic mass is 10.3.